The van der Waals surface area contributed by atoms with Crippen LogP contribution >= 0.6 is 0 Å². The second kappa shape index (κ2) is 8.05. The minimum Gasteiger partial charge on any atom is -0.389 e. The van der Waals surface area contributed by atoms with Crippen molar-refractivity contribution in [2.45, 2.75) is 38.3 Å². The molecular formula is C11H23NO3. The van der Waals surface area contributed by atoms with E-state index >= 15 is 0 Å². The highest BCUT2D eigenvalue weighted by Crippen LogP contribution is 2.18. The van der Waals surface area contributed by atoms with Gasteiger partial charge in [-0.1, -0.05) is 6.92 Å². The Morgan fingerprint density at radius 2 is 2.00 bits per heavy atom. The molecule has 1 rings (SSSR count). The molecule has 0 aromatic carbocycles. The lowest BCUT2D eigenvalue weighted by atomic mass is 10.4. The van der Waals surface area contributed by atoms with Crippen LogP contribution in [0.5, 0.6) is 0 Å². The summed E-state index contributed by atoms with van der Waals surface area (Å²) >= 11 is 0. The minimum absolute atomic E-state index is 0.392. The zero-order valence-electron chi connectivity index (χ0n) is 9.58. The average Bonchev–Trinajstić information content (AvgIpc) is 3.04. The lowest BCUT2D eigenvalue weighted by molar-refractivity contribution is 0.00436. The van der Waals surface area contributed by atoms with E-state index in [9.17, 15) is 5.11 Å². The van der Waals surface area contributed by atoms with Crippen molar-refractivity contribution in [3.63, 3.8) is 0 Å². The van der Waals surface area contributed by atoms with Crippen molar-refractivity contribution in [1.82, 2.24) is 5.32 Å². The standard InChI is InChI=1S/C11H23NO3/c1-2-5-14-6-7-15-9-11(13)8-12-10-3-4-10/h10-13H,2-9H2,1H3. The summed E-state index contributed by atoms with van der Waals surface area (Å²) in [6.07, 6.45) is 3.14. The Balaban J connectivity index is 1.77. The predicted octanol–water partition coefficient (Wildman–Crippen LogP) is 0.542. The molecule has 0 radical (unpaired) electrons. The fourth-order valence-corrected chi connectivity index (χ4v) is 1.23. The molecule has 0 aliphatic heterocycles. The van der Waals surface area contributed by atoms with Gasteiger partial charge >= 0.3 is 0 Å². The molecule has 1 saturated carbocycles. The summed E-state index contributed by atoms with van der Waals surface area (Å²) in [4.78, 5) is 0. The van der Waals surface area contributed by atoms with Gasteiger partial charge in [-0.2, -0.15) is 0 Å². The van der Waals surface area contributed by atoms with Crippen LogP contribution in [0.3, 0.4) is 0 Å². The minimum atomic E-state index is -0.392. The monoisotopic (exact) mass is 217 g/mol. The number of ether oxygens (including phenoxy) is 2. The van der Waals surface area contributed by atoms with Crippen molar-refractivity contribution in [1.29, 1.82) is 0 Å². The zero-order valence-corrected chi connectivity index (χ0v) is 9.58. The maximum absolute atomic E-state index is 9.50. The van der Waals surface area contributed by atoms with Crippen LogP contribution in [0.15, 0.2) is 0 Å². The van der Waals surface area contributed by atoms with Gasteiger partial charge in [-0.15, -0.1) is 0 Å². The molecule has 1 aliphatic rings. The SMILES string of the molecule is CCCOCCOCC(O)CNC1CC1. The van der Waals surface area contributed by atoms with E-state index in [1.165, 1.54) is 12.8 Å². The van der Waals surface area contributed by atoms with Crippen molar-refractivity contribution in [3.8, 4) is 0 Å². The first-order valence-electron chi connectivity index (χ1n) is 5.90. The molecule has 1 fully saturated rings. The second-order valence-corrected chi connectivity index (χ2v) is 4.02. The quantitative estimate of drug-likeness (QED) is 0.524. The molecule has 0 aromatic heterocycles. The van der Waals surface area contributed by atoms with Gasteiger partial charge in [0.2, 0.25) is 0 Å². The van der Waals surface area contributed by atoms with E-state index in [4.69, 9.17) is 9.47 Å². The zero-order chi connectivity index (χ0) is 10.9. The maximum atomic E-state index is 9.50. The molecule has 4 nitrogen and oxygen atoms in total. The number of aliphatic hydroxyl groups is 1. The molecule has 0 heterocycles. The van der Waals surface area contributed by atoms with Crippen LogP contribution in [0.2, 0.25) is 0 Å². The Bertz CT molecular complexity index is 151. The fraction of sp³-hybridized carbons (Fsp3) is 1.00. The molecule has 1 unspecified atom stereocenters. The van der Waals surface area contributed by atoms with Crippen LogP contribution in [0.25, 0.3) is 0 Å². The lowest BCUT2D eigenvalue weighted by Gasteiger charge is -2.11. The second-order valence-electron chi connectivity index (χ2n) is 4.02. The molecule has 2 N–H and O–H groups in total. The molecule has 0 spiro atoms. The van der Waals surface area contributed by atoms with Crippen molar-refractivity contribution >= 4 is 0 Å². The molecule has 15 heavy (non-hydrogen) atoms. The molecule has 0 saturated heterocycles. The Morgan fingerprint density at radius 1 is 1.27 bits per heavy atom. The van der Waals surface area contributed by atoms with Gasteiger partial charge in [0.1, 0.15) is 0 Å². The molecule has 1 aliphatic carbocycles. The number of hydrogen-bond acceptors (Lipinski definition) is 4. The van der Waals surface area contributed by atoms with Crippen LogP contribution in [0.4, 0.5) is 0 Å². The van der Waals surface area contributed by atoms with Gasteiger partial charge in [-0.3, -0.25) is 0 Å². The first kappa shape index (κ1) is 12.9. The molecule has 1 atom stereocenters. The molecule has 4 heteroatoms. The van der Waals surface area contributed by atoms with Crippen molar-refractivity contribution in [2.24, 2.45) is 0 Å². The molecular weight excluding hydrogens is 194 g/mol. The van der Waals surface area contributed by atoms with Crippen LogP contribution in [-0.2, 0) is 9.47 Å². The van der Waals surface area contributed by atoms with E-state index in [0.717, 1.165) is 13.0 Å². The molecule has 0 aromatic rings. The third kappa shape index (κ3) is 7.73. The first-order valence-corrected chi connectivity index (χ1v) is 5.90. The topological polar surface area (TPSA) is 50.7 Å². The number of rotatable bonds is 10. The third-order valence-electron chi connectivity index (χ3n) is 2.25. The van der Waals surface area contributed by atoms with Crippen LogP contribution in [0, 0.1) is 0 Å². The Labute approximate surface area is 92.0 Å². The number of hydrogen-bond donors (Lipinski definition) is 2. The predicted molar refractivity (Wildman–Crippen MR) is 59.0 cm³/mol. The normalized spacial score (nSPS) is 18.0. The largest absolute Gasteiger partial charge is 0.389 e. The highest BCUT2D eigenvalue weighted by Gasteiger charge is 2.21. The van der Waals surface area contributed by atoms with Crippen molar-refractivity contribution < 1.29 is 14.6 Å². The summed E-state index contributed by atoms with van der Waals surface area (Å²) in [5.74, 6) is 0. The highest BCUT2D eigenvalue weighted by molar-refractivity contribution is 4.81. The van der Waals surface area contributed by atoms with E-state index in [-0.39, 0.29) is 0 Å². The summed E-state index contributed by atoms with van der Waals surface area (Å²) in [6, 6.07) is 0.646. The smallest absolute Gasteiger partial charge is 0.0897 e. The van der Waals surface area contributed by atoms with E-state index in [2.05, 4.69) is 12.2 Å². The molecule has 0 bridgehead atoms. The average molecular weight is 217 g/mol. The van der Waals surface area contributed by atoms with Gasteiger partial charge in [0.05, 0.1) is 25.9 Å². The fourth-order valence-electron chi connectivity index (χ4n) is 1.23. The van der Waals surface area contributed by atoms with Gasteiger partial charge in [0.25, 0.3) is 0 Å². The first-order chi connectivity index (χ1) is 7.33. The molecule has 0 amide bonds. The van der Waals surface area contributed by atoms with Gasteiger partial charge in [0.15, 0.2) is 0 Å². The van der Waals surface area contributed by atoms with E-state index in [1.54, 1.807) is 0 Å². The molecule has 90 valence electrons. The number of nitrogens with one attached hydrogen (secondary N) is 1. The summed E-state index contributed by atoms with van der Waals surface area (Å²) in [7, 11) is 0. The summed E-state index contributed by atoms with van der Waals surface area (Å²) < 4.78 is 10.5. The Kier molecular flexibility index (Phi) is 6.92. The van der Waals surface area contributed by atoms with Gasteiger partial charge in [-0.05, 0) is 19.3 Å². The van der Waals surface area contributed by atoms with Crippen LogP contribution < -0.4 is 5.32 Å². The van der Waals surface area contributed by atoms with E-state index < -0.39 is 6.10 Å². The lowest BCUT2D eigenvalue weighted by Crippen LogP contribution is -2.32. The van der Waals surface area contributed by atoms with E-state index in [1.807, 2.05) is 0 Å². The van der Waals surface area contributed by atoms with Gasteiger partial charge < -0.3 is 19.9 Å². The van der Waals surface area contributed by atoms with Crippen LogP contribution in [-0.4, -0.2) is 50.2 Å². The van der Waals surface area contributed by atoms with Crippen molar-refractivity contribution in [2.75, 3.05) is 33.0 Å². The third-order valence-corrected chi connectivity index (χ3v) is 2.25. The Morgan fingerprint density at radius 3 is 2.67 bits per heavy atom. The highest BCUT2D eigenvalue weighted by atomic mass is 16.5. The van der Waals surface area contributed by atoms with Crippen molar-refractivity contribution in [3.05, 3.63) is 0 Å². The van der Waals surface area contributed by atoms with E-state index in [0.29, 0.717) is 32.4 Å². The summed E-state index contributed by atoms with van der Waals surface area (Å²) in [5, 5.41) is 12.8. The van der Waals surface area contributed by atoms with Crippen LogP contribution in [0.1, 0.15) is 26.2 Å². The summed E-state index contributed by atoms with van der Waals surface area (Å²) in [6.45, 7) is 5.09. The summed E-state index contributed by atoms with van der Waals surface area (Å²) in [5.41, 5.74) is 0. The van der Waals surface area contributed by atoms with Gasteiger partial charge in [-0.25, -0.2) is 0 Å². The number of aliphatic hydroxyl groups excluding tert-OH is 1. The maximum Gasteiger partial charge on any atom is 0.0897 e. The Hall–Kier alpha value is -0.160. The van der Waals surface area contributed by atoms with Gasteiger partial charge in [0, 0.05) is 19.2 Å².